The molecule has 9 heteroatoms. The van der Waals surface area contributed by atoms with E-state index in [4.69, 9.17) is 23.2 Å². The third kappa shape index (κ3) is 4.36. The molecule has 0 aliphatic rings. The van der Waals surface area contributed by atoms with Crippen LogP contribution < -0.4 is 5.32 Å². The van der Waals surface area contributed by atoms with Crippen molar-refractivity contribution in [3.63, 3.8) is 0 Å². The summed E-state index contributed by atoms with van der Waals surface area (Å²) in [4.78, 5) is 27.4. The highest BCUT2D eigenvalue weighted by Crippen LogP contribution is 2.37. The van der Waals surface area contributed by atoms with Gasteiger partial charge in [0.2, 0.25) is 5.91 Å². The van der Waals surface area contributed by atoms with Gasteiger partial charge in [-0.05, 0) is 24.6 Å². The molecule has 1 aromatic carbocycles. The minimum absolute atomic E-state index is 0.0265. The van der Waals surface area contributed by atoms with Crippen molar-refractivity contribution in [3.05, 3.63) is 45.3 Å². The van der Waals surface area contributed by atoms with Crippen LogP contribution in [-0.2, 0) is 9.53 Å². The summed E-state index contributed by atoms with van der Waals surface area (Å²) in [6.45, 7) is 2.79. The van der Waals surface area contributed by atoms with Crippen molar-refractivity contribution in [2.24, 2.45) is 0 Å². The first-order valence-electron chi connectivity index (χ1n) is 7.90. The molecule has 2 rings (SSSR count). The molecule has 1 atom stereocenters. The number of nitrogens with zero attached hydrogens (tertiary/aromatic N) is 1. The van der Waals surface area contributed by atoms with Crippen molar-refractivity contribution in [1.82, 2.24) is 4.98 Å². The minimum Gasteiger partial charge on any atom is -0.464 e. The maximum atomic E-state index is 15.0. The molecular formula is C18H16Cl2F2N2O3. The molecule has 1 heterocycles. The highest BCUT2D eigenvalue weighted by atomic mass is 35.5. The fraction of sp³-hybridized carbons (Fsp3) is 0.278. The van der Waals surface area contributed by atoms with Crippen LogP contribution in [0.3, 0.4) is 0 Å². The zero-order chi connectivity index (χ0) is 20.3. The maximum absolute atomic E-state index is 15.0. The number of benzene rings is 1. The molecule has 1 N–H and O–H groups in total. The smallest absolute Gasteiger partial charge is 0.358 e. The monoisotopic (exact) mass is 416 g/mol. The number of ether oxygens (including phenoxy) is 1. The number of aromatic nitrogens is 1. The summed E-state index contributed by atoms with van der Waals surface area (Å²) in [5.41, 5.74) is -0.711. The molecule has 0 saturated heterocycles. The number of hydrogen-bond donors (Lipinski definition) is 1. The quantitative estimate of drug-likeness (QED) is 0.666. The van der Waals surface area contributed by atoms with Crippen molar-refractivity contribution in [1.29, 1.82) is 0 Å². The van der Waals surface area contributed by atoms with Crippen molar-refractivity contribution in [2.45, 2.75) is 26.4 Å². The number of alkyl halides is 1. The van der Waals surface area contributed by atoms with Gasteiger partial charge in [0, 0.05) is 23.1 Å². The van der Waals surface area contributed by atoms with Gasteiger partial charge in [0.1, 0.15) is 12.0 Å². The van der Waals surface area contributed by atoms with Gasteiger partial charge in [-0.2, -0.15) is 0 Å². The fourth-order valence-corrected chi connectivity index (χ4v) is 2.92. The van der Waals surface area contributed by atoms with Gasteiger partial charge in [0.05, 0.1) is 23.5 Å². The van der Waals surface area contributed by atoms with Gasteiger partial charge >= 0.3 is 5.97 Å². The normalized spacial score (nSPS) is 11.8. The Hall–Kier alpha value is -2.25. The molecule has 1 amide bonds. The van der Waals surface area contributed by atoms with Crippen molar-refractivity contribution < 1.29 is 23.1 Å². The number of rotatable bonds is 5. The maximum Gasteiger partial charge on any atom is 0.358 e. The third-order valence-corrected chi connectivity index (χ3v) is 4.43. The van der Waals surface area contributed by atoms with Crippen LogP contribution in [-0.4, -0.2) is 24.0 Å². The molecule has 0 spiro atoms. The Balaban J connectivity index is 2.75. The van der Waals surface area contributed by atoms with E-state index in [1.807, 2.05) is 0 Å². The minimum atomic E-state index is -1.61. The number of hydrogen-bond acceptors (Lipinski definition) is 4. The highest BCUT2D eigenvalue weighted by Gasteiger charge is 2.24. The van der Waals surface area contributed by atoms with Crippen molar-refractivity contribution >= 4 is 40.8 Å². The summed E-state index contributed by atoms with van der Waals surface area (Å²) in [5.74, 6) is -2.24. The molecule has 0 bridgehead atoms. The van der Waals surface area contributed by atoms with Gasteiger partial charge in [-0.25, -0.2) is 18.6 Å². The topological polar surface area (TPSA) is 68.3 Å². The first-order chi connectivity index (χ1) is 12.7. The summed E-state index contributed by atoms with van der Waals surface area (Å²) >= 11 is 12.0. The average molecular weight is 417 g/mol. The first kappa shape index (κ1) is 21.1. The Morgan fingerprint density at radius 2 is 2.00 bits per heavy atom. The average Bonchev–Trinajstić information content (AvgIpc) is 2.62. The van der Waals surface area contributed by atoms with Crippen LogP contribution >= 0.6 is 23.2 Å². The zero-order valence-electron chi connectivity index (χ0n) is 14.7. The lowest BCUT2D eigenvalue weighted by molar-refractivity contribution is -0.114. The molecule has 5 nitrogen and oxygen atoms in total. The number of anilines is 1. The second kappa shape index (κ2) is 8.63. The molecule has 1 aromatic heterocycles. The molecule has 144 valence electrons. The van der Waals surface area contributed by atoms with E-state index in [9.17, 15) is 18.4 Å². The Kier molecular flexibility index (Phi) is 6.73. The van der Waals surface area contributed by atoms with E-state index in [1.54, 1.807) is 6.92 Å². The third-order valence-electron chi connectivity index (χ3n) is 3.72. The second-order valence-corrected chi connectivity index (χ2v) is 6.37. The molecular weight excluding hydrogens is 401 g/mol. The van der Waals surface area contributed by atoms with E-state index in [2.05, 4.69) is 15.0 Å². The molecule has 2 aromatic rings. The number of carbonyl (C=O) groups excluding carboxylic acids is 2. The molecule has 0 fully saturated rings. The Bertz CT molecular complexity index is 907. The summed E-state index contributed by atoms with van der Waals surface area (Å²) in [6, 6.07) is 3.92. The number of methoxy groups -OCH3 is 1. The summed E-state index contributed by atoms with van der Waals surface area (Å²) in [5, 5.41) is 2.22. The molecule has 1 unspecified atom stereocenters. The Morgan fingerprint density at radius 3 is 2.56 bits per heavy atom. The molecule has 0 saturated carbocycles. The summed E-state index contributed by atoms with van der Waals surface area (Å²) in [7, 11) is 1.13. The van der Waals surface area contributed by atoms with E-state index >= 15 is 0 Å². The molecule has 0 aliphatic carbocycles. The van der Waals surface area contributed by atoms with Crippen molar-refractivity contribution in [3.8, 4) is 11.3 Å². The summed E-state index contributed by atoms with van der Waals surface area (Å²) in [6.07, 6.45) is -1.58. The van der Waals surface area contributed by atoms with E-state index in [1.165, 1.54) is 25.1 Å². The first-order valence-corrected chi connectivity index (χ1v) is 8.65. The molecule has 27 heavy (non-hydrogen) atoms. The predicted molar refractivity (Wildman–Crippen MR) is 99.4 cm³/mol. The van der Waals surface area contributed by atoms with Crippen LogP contribution in [0.1, 0.15) is 42.5 Å². The van der Waals surface area contributed by atoms with Gasteiger partial charge in [0.25, 0.3) is 0 Å². The van der Waals surface area contributed by atoms with Gasteiger partial charge in [-0.3, -0.25) is 4.79 Å². The van der Waals surface area contributed by atoms with Crippen LogP contribution in [0.25, 0.3) is 11.3 Å². The summed E-state index contributed by atoms with van der Waals surface area (Å²) < 4.78 is 33.8. The van der Waals surface area contributed by atoms with E-state index < -0.39 is 23.9 Å². The van der Waals surface area contributed by atoms with Gasteiger partial charge in [-0.1, -0.05) is 30.1 Å². The Morgan fingerprint density at radius 1 is 1.33 bits per heavy atom. The number of carbonyl (C=O) groups is 2. The van der Waals surface area contributed by atoms with Gasteiger partial charge < -0.3 is 10.1 Å². The molecule has 0 radical (unpaired) electrons. The number of halogens is 4. The second-order valence-electron chi connectivity index (χ2n) is 5.59. The van der Waals surface area contributed by atoms with E-state index in [0.717, 1.165) is 7.11 Å². The van der Waals surface area contributed by atoms with E-state index in [0.29, 0.717) is 0 Å². The predicted octanol–water partition coefficient (Wildman–Crippen LogP) is 5.36. The lowest BCUT2D eigenvalue weighted by Crippen LogP contribution is -2.12. The number of nitrogens with one attached hydrogen (secondary N) is 1. The van der Waals surface area contributed by atoms with Gasteiger partial charge in [-0.15, -0.1) is 0 Å². The highest BCUT2D eigenvalue weighted by molar-refractivity contribution is 6.36. The van der Waals surface area contributed by atoms with Crippen molar-refractivity contribution in [2.75, 3.05) is 12.4 Å². The van der Waals surface area contributed by atoms with Crippen LogP contribution in [0, 0.1) is 5.82 Å². The molecule has 0 aliphatic heterocycles. The van der Waals surface area contributed by atoms with E-state index in [-0.39, 0.29) is 44.7 Å². The number of pyridine rings is 1. The number of amides is 1. The van der Waals surface area contributed by atoms with Crippen LogP contribution in [0.5, 0.6) is 0 Å². The lowest BCUT2D eigenvalue weighted by atomic mass is 10.0. The van der Waals surface area contributed by atoms with Gasteiger partial charge in [0.15, 0.2) is 5.69 Å². The fourth-order valence-electron chi connectivity index (χ4n) is 2.44. The van der Waals surface area contributed by atoms with Crippen LogP contribution in [0.2, 0.25) is 10.0 Å². The number of esters is 1. The van der Waals surface area contributed by atoms with Crippen LogP contribution in [0.15, 0.2) is 18.2 Å². The Labute approximate surface area is 164 Å². The lowest BCUT2D eigenvalue weighted by Gasteiger charge is -2.15. The standard InChI is InChI=1S/C18H16Cl2F2N2O3/c1-4-11(21)14-10(19)6-5-9(16(14)22)12-7-13(23-8(2)25)15(20)17(24-12)18(26)27-3/h5-7,11H,4H2,1-3H3,(H,23,24,25). The van der Waals surface area contributed by atoms with Crippen LogP contribution in [0.4, 0.5) is 14.5 Å². The largest absolute Gasteiger partial charge is 0.464 e. The SMILES string of the molecule is CCC(F)c1c(Cl)ccc(-c2cc(NC(C)=O)c(Cl)c(C(=O)OC)n2)c1F. The zero-order valence-corrected chi connectivity index (χ0v) is 16.2.